The van der Waals surface area contributed by atoms with Crippen LogP contribution in [0.15, 0.2) is 16.9 Å². The Balaban J connectivity index is 2.61. The standard InChI is InChI=1S/C9H10BrNO/c1-9(2)5-12-8-6(9)3-11-4-7(8)10/h3-4H,5H2,1-2H3. The van der Waals surface area contributed by atoms with Gasteiger partial charge in [-0.1, -0.05) is 13.8 Å². The lowest BCUT2D eigenvalue weighted by Gasteiger charge is -2.13. The predicted molar refractivity (Wildman–Crippen MR) is 50.5 cm³/mol. The number of halogens is 1. The first-order valence-electron chi connectivity index (χ1n) is 3.88. The molecule has 0 unspecified atom stereocenters. The first kappa shape index (κ1) is 8.05. The van der Waals surface area contributed by atoms with Crippen LogP contribution in [0.4, 0.5) is 0 Å². The van der Waals surface area contributed by atoms with Crippen molar-refractivity contribution in [3.8, 4) is 5.75 Å². The lowest BCUT2D eigenvalue weighted by molar-refractivity contribution is 0.290. The summed E-state index contributed by atoms with van der Waals surface area (Å²) in [6, 6.07) is 0. The van der Waals surface area contributed by atoms with Crippen molar-refractivity contribution in [2.75, 3.05) is 6.61 Å². The van der Waals surface area contributed by atoms with Crippen molar-refractivity contribution in [3.05, 3.63) is 22.4 Å². The Kier molecular flexibility index (Phi) is 1.65. The van der Waals surface area contributed by atoms with Gasteiger partial charge in [0.05, 0.1) is 11.1 Å². The average Bonchev–Trinajstić information content (AvgIpc) is 2.30. The first-order valence-corrected chi connectivity index (χ1v) is 4.67. The van der Waals surface area contributed by atoms with Crippen molar-refractivity contribution in [1.29, 1.82) is 0 Å². The third kappa shape index (κ3) is 1.04. The predicted octanol–water partition coefficient (Wildman–Crippen LogP) is 2.51. The maximum absolute atomic E-state index is 5.56. The molecule has 0 N–H and O–H groups in total. The Hall–Kier alpha value is -0.570. The topological polar surface area (TPSA) is 22.1 Å². The van der Waals surface area contributed by atoms with E-state index < -0.39 is 0 Å². The minimum Gasteiger partial charge on any atom is -0.491 e. The smallest absolute Gasteiger partial charge is 0.140 e. The van der Waals surface area contributed by atoms with Crippen LogP contribution >= 0.6 is 15.9 Å². The van der Waals surface area contributed by atoms with Crippen LogP contribution in [-0.4, -0.2) is 11.6 Å². The molecule has 2 rings (SSSR count). The SMILES string of the molecule is CC1(C)COc2c(Br)cncc21. The lowest BCUT2D eigenvalue weighted by Crippen LogP contribution is -2.18. The number of rotatable bonds is 0. The zero-order chi connectivity index (χ0) is 8.77. The Morgan fingerprint density at radius 1 is 1.50 bits per heavy atom. The molecule has 0 bridgehead atoms. The zero-order valence-corrected chi connectivity index (χ0v) is 8.68. The van der Waals surface area contributed by atoms with Gasteiger partial charge in [-0.15, -0.1) is 0 Å². The van der Waals surface area contributed by atoms with Crippen LogP contribution in [0.25, 0.3) is 0 Å². The summed E-state index contributed by atoms with van der Waals surface area (Å²) in [5, 5.41) is 0. The highest BCUT2D eigenvalue weighted by molar-refractivity contribution is 9.10. The second-order valence-electron chi connectivity index (χ2n) is 3.67. The van der Waals surface area contributed by atoms with Gasteiger partial charge in [0.25, 0.3) is 0 Å². The van der Waals surface area contributed by atoms with E-state index in [1.807, 2.05) is 6.20 Å². The quantitative estimate of drug-likeness (QED) is 0.680. The number of hydrogen-bond donors (Lipinski definition) is 0. The second-order valence-corrected chi connectivity index (χ2v) is 4.52. The van der Waals surface area contributed by atoms with Crippen molar-refractivity contribution < 1.29 is 4.74 Å². The average molecular weight is 228 g/mol. The number of fused-ring (bicyclic) bond motifs is 1. The van der Waals surface area contributed by atoms with E-state index in [0.29, 0.717) is 0 Å². The molecule has 1 aromatic heterocycles. The van der Waals surface area contributed by atoms with E-state index in [2.05, 4.69) is 34.8 Å². The molecule has 0 spiro atoms. The molecular weight excluding hydrogens is 218 g/mol. The minimum absolute atomic E-state index is 0.103. The molecule has 1 aliphatic heterocycles. The molecule has 2 nitrogen and oxygen atoms in total. The van der Waals surface area contributed by atoms with Crippen LogP contribution in [0.1, 0.15) is 19.4 Å². The van der Waals surface area contributed by atoms with Crippen molar-refractivity contribution >= 4 is 15.9 Å². The van der Waals surface area contributed by atoms with E-state index >= 15 is 0 Å². The molecule has 0 saturated heterocycles. The van der Waals surface area contributed by atoms with Gasteiger partial charge in [-0.2, -0.15) is 0 Å². The molecule has 64 valence electrons. The Morgan fingerprint density at radius 2 is 2.25 bits per heavy atom. The molecule has 0 radical (unpaired) electrons. The van der Waals surface area contributed by atoms with Gasteiger partial charge >= 0.3 is 0 Å². The molecule has 0 atom stereocenters. The fourth-order valence-corrected chi connectivity index (χ4v) is 1.83. The van der Waals surface area contributed by atoms with Crippen LogP contribution in [0.5, 0.6) is 5.75 Å². The molecule has 0 aliphatic carbocycles. The third-order valence-corrected chi connectivity index (χ3v) is 2.72. The Bertz CT molecular complexity index is 322. The first-order chi connectivity index (χ1) is 5.61. The monoisotopic (exact) mass is 227 g/mol. The van der Waals surface area contributed by atoms with Gasteiger partial charge in [0, 0.05) is 23.4 Å². The summed E-state index contributed by atoms with van der Waals surface area (Å²) in [6.07, 6.45) is 3.65. The number of nitrogens with zero attached hydrogens (tertiary/aromatic N) is 1. The van der Waals surface area contributed by atoms with E-state index in [-0.39, 0.29) is 5.41 Å². The Morgan fingerprint density at radius 3 is 2.92 bits per heavy atom. The van der Waals surface area contributed by atoms with E-state index in [9.17, 15) is 0 Å². The van der Waals surface area contributed by atoms with Crippen molar-refractivity contribution in [3.63, 3.8) is 0 Å². The van der Waals surface area contributed by atoms with E-state index in [0.717, 1.165) is 16.8 Å². The molecule has 0 fully saturated rings. The number of pyridine rings is 1. The van der Waals surface area contributed by atoms with Gasteiger partial charge in [0.15, 0.2) is 0 Å². The summed E-state index contributed by atoms with van der Waals surface area (Å²) in [6.45, 7) is 5.06. The largest absolute Gasteiger partial charge is 0.491 e. The molecule has 2 heterocycles. The van der Waals surface area contributed by atoms with Crippen LogP contribution in [0.3, 0.4) is 0 Å². The summed E-state index contributed by atoms with van der Waals surface area (Å²) in [5.41, 5.74) is 1.29. The van der Waals surface area contributed by atoms with Gasteiger partial charge in [-0.3, -0.25) is 4.98 Å². The fourth-order valence-electron chi connectivity index (χ4n) is 1.38. The number of hydrogen-bond acceptors (Lipinski definition) is 2. The molecule has 0 aromatic carbocycles. The van der Waals surface area contributed by atoms with Crippen LogP contribution in [-0.2, 0) is 5.41 Å². The van der Waals surface area contributed by atoms with Crippen molar-refractivity contribution in [2.24, 2.45) is 0 Å². The van der Waals surface area contributed by atoms with Gasteiger partial charge in [0.1, 0.15) is 5.75 Å². The van der Waals surface area contributed by atoms with Crippen LogP contribution in [0, 0.1) is 0 Å². The molecule has 3 heteroatoms. The van der Waals surface area contributed by atoms with Gasteiger partial charge in [-0.05, 0) is 15.9 Å². The van der Waals surface area contributed by atoms with Crippen molar-refractivity contribution in [1.82, 2.24) is 4.98 Å². The van der Waals surface area contributed by atoms with Crippen molar-refractivity contribution in [2.45, 2.75) is 19.3 Å². The molecule has 0 amide bonds. The second kappa shape index (κ2) is 2.46. The van der Waals surface area contributed by atoms with E-state index in [1.165, 1.54) is 5.56 Å². The summed E-state index contributed by atoms with van der Waals surface area (Å²) in [5.74, 6) is 0.954. The van der Waals surface area contributed by atoms with Crippen LogP contribution < -0.4 is 4.74 Å². The molecule has 1 aromatic rings. The van der Waals surface area contributed by atoms with Gasteiger partial charge in [-0.25, -0.2) is 0 Å². The molecule has 1 aliphatic rings. The summed E-state index contributed by atoms with van der Waals surface area (Å²) >= 11 is 3.41. The fraction of sp³-hybridized carbons (Fsp3) is 0.444. The normalized spacial score (nSPS) is 18.6. The van der Waals surface area contributed by atoms with Crippen LogP contribution in [0.2, 0.25) is 0 Å². The van der Waals surface area contributed by atoms with Gasteiger partial charge in [0.2, 0.25) is 0 Å². The maximum Gasteiger partial charge on any atom is 0.140 e. The number of aromatic nitrogens is 1. The van der Waals surface area contributed by atoms with Gasteiger partial charge < -0.3 is 4.74 Å². The Labute approximate surface area is 80.1 Å². The maximum atomic E-state index is 5.56. The minimum atomic E-state index is 0.103. The highest BCUT2D eigenvalue weighted by Gasteiger charge is 2.33. The number of ether oxygens (including phenoxy) is 1. The molecule has 12 heavy (non-hydrogen) atoms. The zero-order valence-electron chi connectivity index (χ0n) is 7.10. The van der Waals surface area contributed by atoms with E-state index in [4.69, 9.17) is 4.74 Å². The summed E-state index contributed by atoms with van der Waals surface area (Å²) in [4.78, 5) is 4.12. The molecule has 0 saturated carbocycles. The molecular formula is C9H10BrNO. The summed E-state index contributed by atoms with van der Waals surface area (Å²) < 4.78 is 6.51. The highest BCUT2D eigenvalue weighted by Crippen LogP contribution is 2.41. The lowest BCUT2D eigenvalue weighted by atomic mass is 9.88. The summed E-state index contributed by atoms with van der Waals surface area (Å²) in [7, 11) is 0. The van der Waals surface area contributed by atoms with E-state index in [1.54, 1.807) is 6.20 Å². The third-order valence-electron chi connectivity index (χ3n) is 2.16. The highest BCUT2D eigenvalue weighted by atomic mass is 79.9.